The highest BCUT2D eigenvalue weighted by Gasteiger charge is 2.59. The quantitative estimate of drug-likeness (QED) is 0.206. The van der Waals surface area contributed by atoms with Crippen LogP contribution in [0.1, 0.15) is 19.4 Å². The second kappa shape index (κ2) is 11.1. The van der Waals surface area contributed by atoms with Gasteiger partial charge in [-0.1, -0.05) is 36.9 Å². The summed E-state index contributed by atoms with van der Waals surface area (Å²) in [6, 6.07) is 6.35. The molecule has 1 amide bonds. The summed E-state index contributed by atoms with van der Waals surface area (Å²) in [5.74, 6) is -1.47. The number of aliphatic hydroxyl groups is 2. The van der Waals surface area contributed by atoms with Gasteiger partial charge >= 0.3 is 5.97 Å². The minimum absolute atomic E-state index is 0.0429. The van der Waals surface area contributed by atoms with Crippen LogP contribution in [0.3, 0.4) is 0 Å². The summed E-state index contributed by atoms with van der Waals surface area (Å²) in [6.07, 6.45) is 4.03. The molecule has 1 aromatic carbocycles. The summed E-state index contributed by atoms with van der Waals surface area (Å²) in [4.78, 5) is 30.7. The number of amides is 1. The minimum atomic E-state index is -1.11. The highest BCUT2D eigenvalue weighted by atomic mass is 32.2. The minimum Gasteiger partial charge on any atom is -0.477 e. The average molecular weight is 601 g/mol. The monoisotopic (exact) mass is 600 g/mol. The smallest absolute Gasteiger partial charge is 0.352 e. The van der Waals surface area contributed by atoms with E-state index in [9.17, 15) is 24.9 Å². The number of hydrogen-bond donors (Lipinski definition) is 3. The molecule has 6 heterocycles. The molecule has 9 nitrogen and oxygen atoms in total. The lowest BCUT2D eigenvalue weighted by Crippen LogP contribution is -2.75. The van der Waals surface area contributed by atoms with E-state index in [1.54, 1.807) is 30.0 Å². The lowest BCUT2D eigenvalue weighted by atomic mass is 9.78. The third-order valence-electron chi connectivity index (χ3n) is 10.1. The number of quaternary nitrogens is 2. The van der Waals surface area contributed by atoms with Crippen molar-refractivity contribution in [2.24, 2.45) is 11.8 Å². The molecule has 220 valence electrons. The number of thiazole rings is 1. The largest absolute Gasteiger partial charge is 0.477 e. The van der Waals surface area contributed by atoms with E-state index in [0.717, 1.165) is 33.8 Å². The van der Waals surface area contributed by atoms with Gasteiger partial charge in [0.25, 0.3) is 0 Å². The van der Waals surface area contributed by atoms with Gasteiger partial charge in [0.1, 0.15) is 51.5 Å². The first-order valence-corrected chi connectivity index (χ1v) is 16.4. The van der Waals surface area contributed by atoms with Gasteiger partial charge < -0.3 is 29.2 Å². The molecule has 4 saturated heterocycles. The predicted molar refractivity (Wildman–Crippen MR) is 159 cm³/mol. The first-order valence-electron chi connectivity index (χ1n) is 14.6. The van der Waals surface area contributed by atoms with Gasteiger partial charge in [-0.25, -0.2) is 9.78 Å². The normalized spacial score (nSPS) is 31.8. The summed E-state index contributed by atoms with van der Waals surface area (Å²) in [6.45, 7) is 13.1. The Morgan fingerprint density at radius 2 is 1.88 bits per heavy atom. The third kappa shape index (κ3) is 5.14. The van der Waals surface area contributed by atoms with Crippen molar-refractivity contribution in [1.82, 2.24) is 9.88 Å². The Labute approximate surface area is 248 Å². The number of carbonyl (C=O) groups excluding carboxylic acids is 1. The number of nitrogens with zero attached hydrogens (tertiary/aromatic N) is 4. The van der Waals surface area contributed by atoms with Gasteiger partial charge in [-0.05, 0) is 30.2 Å². The van der Waals surface area contributed by atoms with Crippen LogP contribution >= 0.6 is 23.1 Å². The molecule has 7 rings (SSSR count). The first-order chi connectivity index (χ1) is 19.7. The van der Waals surface area contributed by atoms with Crippen LogP contribution in [0.5, 0.6) is 0 Å². The van der Waals surface area contributed by atoms with Crippen molar-refractivity contribution in [3.63, 3.8) is 0 Å². The number of aliphatic hydroxyl groups excluding tert-OH is 2. The van der Waals surface area contributed by atoms with E-state index in [0.29, 0.717) is 17.9 Å². The Morgan fingerprint density at radius 3 is 2.51 bits per heavy atom. The van der Waals surface area contributed by atoms with Crippen molar-refractivity contribution in [2.45, 2.75) is 36.8 Å². The first kappa shape index (κ1) is 28.8. The fourth-order valence-electron chi connectivity index (χ4n) is 7.47. The molecule has 0 saturated carbocycles. The Kier molecular flexibility index (Phi) is 7.80. The fraction of sp³-hybridized carbons (Fsp3) is 0.567. The molecule has 0 radical (unpaired) electrons. The fourth-order valence-corrected chi connectivity index (χ4v) is 9.35. The number of aliphatic carboxylic acids is 1. The van der Waals surface area contributed by atoms with E-state index in [1.807, 2.05) is 19.1 Å². The Hall–Kier alpha value is -2.28. The standard InChI is InChI=1S/C30H39N4O5S2/c1-19-22(27(29(38)39)32-26(19)25(20(2)36)28(32)37)4-3-17-40-30-31-23-18-21(5-6-24(23)41-30)7-8-33-9-12-34(13-10-33,14-11-33)15-16-35/h3-6,18-20,25-26,35-36H,7-17H2,1-2H3/q+1/p+1/b4-3+/t19-,20+,25+,26+,33?,34?/m0/s1. The number of carbonyl (C=O) groups is 2. The van der Waals surface area contributed by atoms with Crippen molar-refractivity contribution >= 4 is 45.2 Å². The van der Waals surface area contributed by atoms with Gasteiger partial charge in [0.15, 0.2) is 4.34 Å². The molecule has 11 heteroatoms. The van der Waals surface area contributed by atoms with E-state index in [2.05, 4.69) is 18.2 Å². The molecule has 5 aliphatic rings. The van der Waals surface area contributed by atoms with E-state index < -0.39 is 18.0 Å². The highest BCUT2D eigenvalue weighted by molar-refractivity contribution is 8.01. The van der Waals surface area contributed by atoms with Crippen LogP contribution in [-0.2, 0) is 16.0 Å². The predicted octanol–water partition coefficient (Wildman–Crippen LogP) is 2.34. The van der Waals surface area contributed by atoms with Gasteiger partial charge in [-0.15, -0.1) is 11.3 Å². The van der Waals surface area contributed by atoms with Crippen LogP contribution in [-0.4, -0.2) is 123 Å². The number of carboxylic acid groups (broad SMARTS) is 1. The van der Waals surface area contributed by atoms with Gasteiger partial charge in [-0.2, -0.15) is 0 Å². The van der Waals surface area contributed by atoms with Crippen LogP contribution in [0.2, 0.25) is 0 Å². The number of piperazine rings is 3. The SMILES string of the molecule is C[C@@H](O)[C@H]1C(=O)N2C(C(=O)O)=C(/C=C/CSc3nc4cc(CC[N+]56CC[N+](CCO)(CC5)CC6)ccc4s3)[C@H](C)[C@H]12. The number of benzene rings is 1. The topological polar surface area (TPSA) is 111 Å². The number of hydrogen-bond acceptors (Lipinski definition) is 7. The maximum Gasteiger partial charge on any atom is 0.352 e. The van der Waals surface area contributed by atoms with E-state index >= 15 is 0 Å². The summed E-state index contributed by atoms with van der Waals surface area (Å²) in [5, 5.41) is 29.3. The van der Waals surface area contributed by atoms with Crippen LogP contribution in [0.25, 0.3) is 10.2 Å². The van der Waals surface area contributed by atoms with Gasteiger partial charge in [-0.3, -0.25) is 4.79 Å². The summed E-state index contributed by atoms with van der Waals surface area (Å²) in [5.41, 5.74) is 3.04. The van der Waals surface area contributed by atoms with Crippen molar-refractivity contribution in [3.8, 4) is 0 Å². The van der Waals surface area contributed by atoms with Crippen molar-refractivity contribution in [2.75, 3.05) is 64.7 Å². The lowest BCUT2D eigenvalue weighted by Gasteiger charge is -2.55. The number of β-lactam (4-membered cyclic amide) rings is 1. The number of fused-ring (bicyclic) bond motifs is 5. The van der Waals surface area contributed by atoms with Gasteiger partial charge in [0, 0.05) is 18.1 Å². The molecule has 2 aromatic rings. The van der Waals surface area contributed by atoms with E-state index in [1.165, 1.54) is 58.9 Å². The molecule has 1 aromatic heterocycles. The number of rotatable bonds is 11. The summed E-state index contributed by atoms with van der Waals surface area (Å²) >= 11 is 3.30. The van der Waals surface area contributed by atoms with E-state index in [4.69, 9.17) is 4.98 Å². The molecule has 4 atom stereocenters. The zero-order valence-electron chi connectivity index (χ0n) is 23.7. The molecule has 0 spiro atoms. The molecular formula is C30H40N4O5S2+2. The third-order valence-corrected chi connectivity index (χ3v) is 12.2. The van der Waals surface area contributed by atoms with E-state index in [-0.39, 0.29) is 23.6 Å². The lowest BCUT2D eigenvalue weighted by molar-refractivity contribution is -1.08. The number of allylic oxidation sites excluding steroid dienone is 1. The highest BCUT2D eigenvalue weighted by Crippen LogP contribution is 2.47. The van der Waals surface area contributed by atoms with Crippen LogP contribution < -0.4 is 0 Å². The molecule has 5 aliphatic heterocycles. The van der Waals surface area contributed by atoms with Gasteiger partial charge in [0.2, 0.25) is 5.91 Å². The summed E-state index contributed by atoms with van der Waals surface area (Å²) in [7, 11) is 0. The average Bonchev–Trinajstić information content (AvgIpc) is 3.46. The molecule has 41 heavy (non-hydrogen) atoms. The molecule has 3 N–H and O–H groups in total. The molecular weight excluding hydrogens is 560 g/mol. The Morgan fingerprint density at radius 1 is 1.20 bits per heavy atom. The number of carboxylic acids is 1. The molecule has 0 aliphatic carbocycles. The number of aromatic nitrogens is 1. The van der Waals surface area contributed by atoms with Crippen LogP contribution in [0.4, 0.5) is 0 Å². The van der Waals surface area contributed by atoms with Crippen molar-refractivity contribution in [3.05, 3.63) is 47.2 Å². The van der Waals surface area contributed by atoms with Gasteiger partial charge in [0.05, 0.1) is 41.4 Å². The number of thioether (sulfide) groups is 1. The Bertz CT molecular complexity index is 1390. The second-order valence-corrected chi connectivity index (χ2v) is 14.6. The Balaban J connectivity index is 1.06. The molecule has 4 fully saturated rings. The maximum absolute atomic E-state index is 12.5. The molecule has 0 unspecified atom stereocenters. The second-order valence-electron chi connectivity index (χ2n) is 12.3. The maximum atomic E-state index is 12.5. The molecule has 2 bridgehead atoms. The zero-order chi connectivity index (χ0) is 28.9. The zero-order valence-corrected chi connectivity index (χ0v) is 25.4. The summed E-state index contributed by atoms with van der Waals surface area (Å²) < 4.78 is 4.46. The van der Waals surface area contributed by atoms with Crippen molar-refractivity contribution in [1.29, 1.82) is 0 Å². The van der Waals surface area contributed by atoms with Crippen molar-refractivity contribution < 1.29 is 33.9 Å². The van der Waals surface area contributed by atoms with Crippen LogP contribution in [0, 0.1) is 11.8 Å². The van der Waals surface area contributed by atoms with Crippen LogP contribution in [0.15, 0.2) is 46.0 Å².